The van der Waals surface area contributed by atoms with E-state index in [1.54, 1.807) is 0 Å². The molecule has 27 valence electrons. The first-order valence-electron chi connectivity index (χ1n) is 1.71. The molecule has 0 unspecified atom stereocenters. The monoisotopic (exact) mass is 71.1 g/mol. The van der Waals surface area contributed by atoms with Crippen LogP contribution in [0.2, 0.25) is 0 Å². The molecule has 0 aromatic rings. The van der Waals surface area contributed by atoms with Crippen LogP contribution < -0.4 is 18.9 Å². The molecule has 0 aliphatic heterocycles. The van der Waals surface area contributed by atoms with Gasteiger partial charge in [0.2, 0.25) is 0 Å². The molecule has 0 heterocycles. The van der Waals surface area contributed by atoms with E-state index in [0.29, 0.717) is 0 Å². The van der Waals surface area contributed by atoms with Crippen LogP contribution in [0.25, 0.3) is 0 Å². The van der Waals surface area contributed by atoms with Crippen LogP contribution in [-0.2, 0) is 0 Å². The van der Waals surface area contributed by atoms with Crippen molar-refractivity contribution in [3.8, 4) is 0 Å². The van der Waals surface area contributed by atoms with E-state index in [1.165, 1.54) is 6.42 Å². The number of rotatable bonds is 1. The Hall–Kier alpha value is 1.19. The van der Waals surface area contributed by atoms with E-state index >= 15 is 0 Å². The Bertz CT molecular complexity index is 7.51. The number of hydrogen-bond acceptors (Lipinski definition) is 0. The van der Waals surface area contributed by atoms with Crippen LogP contribution >= 0.6 is 0 Å². The summed E-state index contributed by atoms with van der Waals surface area (Å²) in [6.07, 6.45) is 2.28. The zero-order chi connectivity index (χ0) is 3.41. The molecule has 0 rings (SSSR count). The maximum absolute atomic E-state index is 3.60. The molecule has 0 amide bonds. The van der Waals surface area contributed by atoms with Gasteiger partial charge in [-0.3, -0.25) is 0 Å². The maximum atomic E-state index is 3.60. The summed E-state index contributed by atoms with van der Waals surface area (Å²) in [6.45, 7) is 5.72. The third-order valence-corrected chi connectivity index (χ3v) is 0.354. The van der Waals surface area contributed by atoms with Crippen molar-refractivity contribution in [3.05, 3.63) is 6.92 Å². The van der Waals surface area contributed by atoms with Crippen molar-refractivity contribution in [1.82, 2.24) is 0 Å². The first-order chi connectivity index (χ1) is 1.91. The van der Waals surface area contributed by atoms with Gasteiger partial charge >= 0.3 is 18.9 Å². The van der Waals surface area contributed by atoms with E-state index < -0.39 is 0 Å². The molecule has 0 aliphatic carbocycles. The maximum Gasteiger partial charge on any atom is 1.00 e. The van der Waals surface area contributed by atoms with Gasteiger partial charge in [-0.2, -0.15) is 6.42 Å². The Morgan fingerprint density at radius 3 is 1.67 bits per heavy atom. The fourth-order valence-corrected chi connectivity index (χ4v) is 0. The first kappa shape index (κ1) is 15.7. The molecule has 0 saturated carbocycles. The van der Waals surface area contributed by atoms with E-state index in [0.717, 1.165) is 6.42 Å². The van der Waals surface area contributed by atoms with E-state index in [9.17, 15) is 0 Å². The van der Waals surface area contributed by atoms with Crippen LogP contribution in [0.15, 0.2) is 0 Å². The summed E-state index contributed by atoms with van der Waals surface area (Å²) in [6, 6.07) is 0. The van der Waals surface area contributed by atoms with Crippen molar-refractivity contribution in [2.75, 3.05) is 0 Å². The molecule has 6 heavy (non-hydrogen) atoms. The molecular weight excluding hydrogens is 61.9 g/mol. The molecule has 0 aliphatic rings. The van der Waals surface area contributed by atoms with E-state index in [4.69, 9.17) is 0 Å². The third-order valence-electron chi connectivity index (χ3n) is 0.354. The number of hydrogen-bond donors (Lipinski definition) is 0. The normalized spacial score (nSPS) is 5.00. The second-order valence-corrected chi connectivity index (χ2v) is 0.854. The quantitative estimate of drug-likeness (QED) is 0.254. The summed E-state index contributed by atoms with van der Waals surface area (Å²) >= 11 is 0. The van der Waals surface area contributed by atoms with Gasteiger partial charge in [0.05, 0.1) is 0 Å². The fourth-order valence-electron chi connectivity index (χ4n) is 0. The average Bonchev–Trinajstić information content (AvgIpc) is 1.37. The van der Waals surface area contributed by atoms with Crippen LogP contribution in [-0.4, -0.2) is 18.9 Å². The second kappa shape index (κ2) is 16.4. The van der Waals surface area contributed by atoms with Crippen LogP contribution in [0.4, 0.5) is 0 Å². The van der Waals surface area contributed by atoms with Crippen LogP contribution in [0, 0.1) is 6.92 Å². The second-order valence-electron chi connectivity index (χ2n) is 0.854. The van der Waals surface area contributed by atoms with Gasteiger partial charge in [0, 0.05) is 18.9 Å². The van der Waals surface area contributed by atoms with Gasteiger partial charge in [0.25, 0.3) is 0 Å². The standard InChI is InChI=1S/C4H9.2Li/c1-3-4-2;;/h1,3-4H2,2H3;;/q-1;;+1. The molecule has 0 saturated heterocycles. The minimum atomic E-state index is 0. The molecule has 0 spiro atoms. The summed E-state index contributed by atoms with van der Waals surface area (Å²) < 4.78 is 0. The summed E-state index contributed by atoms with van der Waals surface area (Å²) in [5.74, 6) is 0. The van der Waals surface area contributed by atoms with Gasteiger partial charge < -0.3 is 6.92 Å². The predicted octanol–water partition coefficient (Wildman–Crippen LogP) is -1.76. The molecule has 0 nitrogen and oxygen atoms in total. The average molecular weight is 71.0 g/mol. The molecule has 0 aromatic heterocycles. The molecule has 0 bridgehead atoms. The van der Waals surface area contributed by atoms with Crippen molar-refractivity contribution >= 4 is 18.9 Å². The minimum Gasteiger partial charge on any atom is -0.343 e. The van der Waals surface area contributed by atoms with Gasteiger partial charge in [-0.25, -0.2) is 0 Å². The van der Waals surface area contributed by atoms with Gasteiger partial charge in [-0.05, 0) is 0 Å². The van der Waals surface area contributed by atoms with Crippen LogP contribution in [0.3, 0.4) is 0 Å². The Kier molecular flexibility index (Phi) is 42.8. The van der Waals surface area contributed by atoms with E-state index in [-0.39, 0.29) is 37.7 Å². The molecule has 0 atom stereocenters. The van der Waals surface area contributed by atoms with Gasteiger partial charge in [0.1, 0.15) is 0 Å². The van der Waals surface area contributed by atoms with E-state index in [2.05, 4.69) is 13.8 Å². The van der Waals surface area contributed by atoms with Crippen molar-refractivity contribution in [2.24, 2.45) is 0 Å². The summed E-state index contributed by atoms with van der Waals surface area (Å²) in [4.78, 5) is 0. The fraction of sp³-hybridized carbons (Fsp3) is 0.750. The molecule has 0 fully saturated rings. The topological polar surface area (TPSA) is 0 Å². The van der Waals surface area contributed by atoms with Crippen LogP contribution in [0.1, 0.15) is 19.8 Å². The van der Waals surface area contributed by atoms with Gasteiger partial charge in [-0.15, -0.1) is 0 Å². The molecular formula is C4H9Li2. The Morgan fingerprint density at radius 2 is 1.67 bits per heavy atom. The van der Waals surface area contributed by atoms with Crippen molar-refractivity contribution in [2.45, 2.75) is 19.8 Å². The largest absolute Gasteiger partial charge is 1.00 e. The van der Waals surface area contributed by atoms with Crippen molar-refractivity contribution in [3.63, 3.8) is 0 Å². The predicted molar refractivity (Wildman–Crippen MR) is 26.0 cm³/mol. The van der Waals surface area contributed by atoms with Gasteiger partial charge in [-0.1, -0.05) is 13.3 Å². The first-order valence-corrected chi connectivity index (χ1v) is 1.71. The SMILES string of the molecule is [CH2-]CCC.[Li+].[Li]. The van der Waals surface area contributed by atoms with E-state index in [1.807, 2.05) is 0 Å². The van der Waals surface area contributed by atoms with Crippen molar-refractivity contribution in [1.29, 1.82) is 0 Å². The van der Waals surface area contributed by atoms with Crippen LogP contribution in [0.5, 0.6) is 0 Å². The molecule has 2 heteroatoms. The summed E-state index contributed by atoms with van der Waals surface area (Å²) in [5.41, 5.74) is 0. The summed E-state index contributed by atoms with van der Waals surface area (Å²) in [7, 11) is 0. The van der Waals surface area contributed by atoms with Crippen molar-refractivity contribution < 1.29 is 18.9 Å². The zero-order valence-corrected chi connectivity index (χ0v) is 5.12. The summed E-state index contributed by atoms with van der Waals surface area (Å²) in [5, 5.41) is 0. The smallest absolute Gasteiger partial charge is 0.343 e. The Balaban J connectivity index is -0.0000000450. The molecule has 0 aromatic carbocycles. The zero-order valence-electron chi connectivity index (χ0n) is 5.12. The Morgan fingerprint density at radius 1 is 1.50 bits per heavy atom. The Labute approximate surface area is 64.4 Å². The third kappa shape index (κ3) is 19.0. The molecule has 0 N–H and O–H groups in total. The number of unbranched alkanes of at least 4 members (excludes halogenated alkanes) is 1. The molecule has 1 radical (unpaired) electrons. The van der Waals surface area contributed by atoms with Gasteiger partial charge in [0.15, 0.2) is 0 Å². The minimum absolute atomic E-state index is 0.